The summed E-state index contributed by atoms with van der Waals surface area (Å²) in [6.45, 7) is 4.53. The van der Waals surface area contributed by atoms with Gasteiger partial charge in [0.1, 0.15) is 0 Å². The third-order valence-corrected chi connectivity index (χ3v) is 5.08. The number of hydrogen-bond donors (Lipinski definition) is 1. The first kappa shape index (κ1) is 22.0. The normalized spacial score (nSPS) is 23.7. The van der Waals surface area contributed by atoms with Crippen molar-refractivity contribution < 1.29 is 14.6 Å². The fourth-order valence-electron chi connectivity index (χ4n) is 3.58. The summed E-state index contributed by atoms with van der Waals surface area (Å²) >= 11 is 0. The lowest BCUT2D eigenvalue weighted by molar-refractivity contribution is -0.143. The topological polar surface area (TPSA) is 46.5 Å². The summed E-state index contributed by atoms with van der Waals surface area (Å²) in [5, 5.41) is 10.2. The zero-order chi connectivity index (χ0) is 18.3. The number of unbranched alkanes of at least 4 members (excludes halogenated alkanes) is 5. The summed E-state index contributed by atoms with van der Waals surface area (Å²) in [6.07, 6.45) is 20.4. The van der Waals surface area contributed by atoms with Gasteiger partial charge in [0.2, 0.25) is 0 Å². The highest BCUT2D eigenvalue weighted by atomic mass is 16.5. The second kappa shape index (κ2) is 14.1. The first-order valence-electron chi connectivity index (χ1n) is 10.3. The van der Waals surface area contributed by atoms with Gasteiger partial charge in [-0.1, -0.05) is 50.5 Å². The number of allylic oxidation sites excluding steroid dienone is 4. The monoisotopic (exact) mass is 350 g/mol. The van der Waals surface area contributed by atoms with Gasteiger partial charge in [-0.2, -0.15) is 0 Å². The van der Waals surface area contributed by atoms with Gasteiger partial charge < -0.3 is 9.84 Å². The largest absolute Gasteiger partial charge is 0.466 e. The minimum atomic E-state index is -0.168. The highest BCUT2D eigenvalue weighted by molar-refractivity contribution is 5.69. The smallest absolute Gasteiger partial charge is 0.305 e. The van der Waals surface area contributed by atoms with Crippen LogP contribution in [0.5, 0.6) is 0 Å². The fraction of sp³-hybridized carbons (Fsp3) is 0.773. The van der Waals surface area contributed by atoms with E-state index in [0.717, 1.165) is 32.1 Å². The molecule has 0 radical (unpaired) electrons. The Hall–Kier alpha value is -1.09. The van der Waals surface area contributed by atoms with Gasteiger partial charge in [0.15, 0.2) is 0 Å². The van der Waals surface area contributed by atoms with E-state index in [9.17, 15) is 9.90 Å². The average Bonchev–Trinajstić information content (AvgIpc) is 2.94. The quantitative estimate of drug-likeness (QED) is 0.268. The molecular formula is C22H38O3. The molecule has 1 rings (SSSR count). The molecule has 0 aromatic carbocycles. The van der Waals surface area contributed by atoms with E-state index in [1.54, 1.807) is 0 Å². The predicted molar refractivity (Wildman–Crippen MR) is 104 cm³/mol. The molecule has 3 atom stereocenters. The van der Waals surface area contributed by atoms with Gasteiger partial charge >= 0.3 is 5.97 Å². The summed E-state index contributed by atoms with van der Waals surface area (Å²) in [7, 11) is 0. The Bertz CT molecular complexity index is 400. The van der Waals surface area contributed by atoms with Crippen LogP contribution in [-0.4, -0.2) is 23.8 Å². The highest BCUT2D eigenvalue weighted by Crippen LogP contribution is 2.36. The molecule has 0 spiro atoms. The van der Waals surface area contributed by atoms with Gasteiger partial charge in [-0.05, 0) is 63.7 Å². The van der Waals surface area contributed by atoms with E-state index >= 15 is 0 Å². The molecule has 1 unspecified atom stereocenters. The maximum absolute atomic E-state index is 11.3. The lowest BCUT2D eigenvalue weighted by Gasteiger charge is -2.17. The minimum absolute atomic E-state index is 0.105. The maximum atomic E-state index is 11.3. The standard InChI is InChI=1S/C22H38O3/c1-3-5-6-7-8-11-14-19-17-18-21(23)20(19)15-12-9-10-13-16-22(24)25-4-2/h9,11-12,14,19-21,23H,3-8,10,13,15-18H2,1-2H3/b12-9-,14-11+/t19-,20+,21?/m0/s1. The Morgan fingerprint density at radius 2 is 1.84 bits per heavy atom. The molecule has 0 aromatic rings. The van der Waals surface area contributed by atoms with Crippen LogP contribution in [0.4, 0.5) is 0 Å². The molecular weight excluding hydrogens is 312 g/mol. The highest BCUT2D eigenvalue weighted by Gasteiger charge is 2.32. The number of carbonyl (C=O) groups is 1. The first-order chi connectivity index (χ1) is 12.2. The lowest BCUT2D eigenvalue weighted by atomic mass is 9.90. The van der Waals surface area contributed by atoms with Gasteiger partial charge in [0.05, 0.1) is 12.7 Å². The van der Waals surface area contributed by atoms with Crippen molar-refractivity contribution in [2.45, 2.75) is 90.6 Å². The van der Waals surface area contributed by atoms with E-state index in [1.165, 1.54) is 32.1 Å². The van der Waals surface area contributed by atoms with E-state index in [2.05, 4.69) is 31.2 Å². The van der Waals surface area contributed by atoms with E-state index in [-0.39, 0.29) is 12.1 Å². The molecule has 3 heteroatoms. The Morgan fingerprint density at radius 3 is 2.60 bits per heavy atom. The summed E-state index contributed by atoms with van der Waals surface area (Å²) in [5.74, 6) is 0.768. The zero-order valence-corrected chi connectivity index (χ0v) is 16.3. The van der Waals surface area contributed by atoms with E-state index in [0.29, 0.717) is 24.9 Å². The van der Waals surface area contributed by atoms with Crippen LogP contribution in [0, 0.1) is 11.8 Å². The van der Waals surface area contributed by atoms with Crippen LogP contribution in [0.25, 0.3) is 0 Å². The van der Waals surface area contributed by atoms with Crippen molar-refractivity contribution in [2.75, 3.05) is 6.61 Å². The van der Waals surface area contributed by atoms with Crippen molar-refractivity contribution in [3.63, 3.8) is 0 Å². The van der Waals surface area contributed by atoms with Crippen molar-refractivity contribution in [3.8, 4) is 0 Å². The first-order valence-corrected chi connectivity index (χ1v) is 10.3. The maximum Gasteiger partial charge on any atom is 0.305 e. The number of esters is 1. The molecule has 0 amide bonds. The number of aliphatic hydroxyl groups is 1. The number of aliphatic hydroxyl groups excluding tert-OH is 1. The van der Waals surface area contributed by atoms with Crippen molar-refractivity contribution in [3.05, 3.63) is 24.3 Å². The summed E-state index contributed by atoms with van der Waals surface area (Å²) in [6, 6.07) is 0. The molecule has 3 nitrogen and oxygen atoms in total. The second-order valence-electron chi connectivity index (χ2n) is 7.15. The average molecular weight is 351 g/mol. The molecule has 0 saturated heterocycles. The van der Waals surface area contributed by atoms with Crippen molar-refractivity contribution in [1.29, 1.82) is 0 Å². The zero-order valence-electron chi connectivity index (χ0n) is 16.3. The number of hydrogen-bond acceptors (Lipinski definition) is 3. The number of ether oxygens (including phenoxy) is 1. The molecule has 0 bridgehead atoms. The van der Waals surface area contributed by atoms with Gasteiger partial charge in [0, 0.05) is 6.42 Å². The minimum Gasteiger partial charge on any atom is -0.466 e. The Kier molecular flexibility index (Phi) is 12.4. The molecule has 1 N–H and O–H groups in total. The summed E-state index contributed by atoms with van der Waals surface area (Å²) < 4.78 is 4.92. The van der Waals surface area contributed by atoms with Crippen molar-refractivity contribution >= 4 is 5.97 Å². The second-order valence-corrected chi connectivity index (χ2v) is 7.15. The van der Waals surface area contributed by atoms with Gasteiger partial charge in [-0.3, -0.25) is 4.79 Å². The summed E-state index contributed by atoms with van der Waals surface area (Å²) in [4.78, 5) is 11.3. The third-order valence-electron chi connectivity index (χ3n) is 5.08. The van der Waals surface area contributed by atoms with E-state index in [1.807, 2.05) is 6.92 Å². The van der Waals surface area contributed by atoms with Crippen LogP contribution in [0.2, 0.25) is 0 Å². The summed E-state index contributed by atoms with van der Waals surface area (Å²) in [5.41, 5.74) is 0. The van der Waals surface area contributed by atoms with E-state index < -0.39 is 0 Å². The Labute approximate surface area is 154 Å². The molecule has 1 aliphatic carbocycles. The van der Waals surface area contributed by atoms with E-state index in [4.69, 9.17) is 4.74 Å². The van der Waals surface area contributed by atoms with Crippen LogP contribution < -0.4 is 0 Å². The van der Waals surface area contributed by atoms with Crippen LogP contribution in [0.1, 0.15) is 84.5 Å². The van der Waals surface area contributed by atoms with Crippen molar-refractivity contribution in [2.24, 2.45) is 11.8 Å². The Balaban J connectivity index is 2.23. The molecule has 1 aliphatic rings. The molecule has 0 aromatic heterocycles. The number of carbonyl (C=O) groups excluding carboxylic acids is 1. The van der Waals surface area contributed by atoms with Gasteiger partial charge in [0.25, 0.3) is 0 Å². The number of rotatable bonds is 13. The molecule has 25 heavy (non-hydrogen) atoms. The van der Waals surface area contributed by atoms with Crippen molar-refractivity contribution in [1.82, 2.24) is 0 Å². The molecule has 0 heterocycles. The fourth-order valence-corrected chi connectivity index (χ4v) is 3.58. The van der Waals surface area contributed by atoms with Crippen LogP contribution in [-0.2, 0) is 9.53 Å². The van der Waals surface area contributed by atoms with Gasteiger partial charge in [-0.15, -0.1) is 0 Å². The van der Waals surface area contributed by atoms with Crippen LogP contribution >= 0.6 is 0 Å². The molecule has 1 saturated carbocycles. The van der Waals surface area contributed by atoms with Crippen LogP contribution in [0.15, 0.2) is 24.3 Å². The lowest BCUT2D eigenvalue weighted by Crippen LogP contribution is -2.17. The van der Waals surface area contributed by atoms with Gasteiger partial charge in [-0.25, -0.2) is 0 Å². The SMILES string of the molecule is CCCCCC/C=C/[C@H]1CCC(O)[C@@H]1C/C=C\CCCC(=O)OCC. The van der Waals surface area contributed by atoms with Crippen LogP contribution in [0.3, 0.4) is 0 Å². The molecule has 1 fully saturated rings. The third kappa shape index (κ3) is 9.84. The Morgan fingerprint density at radius 1 is 1.04 bits per heavy atom. The predicted octanol–water partition coefficient (Wildman–Crippen LogP) is 5.58. The molecule has 144 valence electrons. The molecule has 0 aliphatic heterocycles.